The first-order chi connectivity index (χ1) is 8.09. The standard InChI is InChI=1S/C12H18Cl2N2O/c1-16(2)7-5-15-6-8-17-12-9-10(13)3-4-11(12)14/h3-4,9,15H,5-8H2,1-2H3. The summed E-state index contributed by atoms with van der Waals surface area (Å²) in [4.78, 5) is 2.13. The van der Waals surface area contributed by atoms with Crippen LogP contribution in [-0.4, -0.2) is 45.2 Å². The van der Waals surface area contributed by atoms with Crippen LogP contribution >= 0.6 is 23.2 Å². The largest absolute Gasteiger partial charge is 0.491 e. The van der Waals surface area contributed by atoms with E-state index in [0.717, 1.165) is 19.6 Å². The molecule has 5 heteroatoms. The maximum absolute atomic E-state index is 5.97. The molecule has 96 valence electrons. The van der Waals surface area contributed by atoms with Crippen molar-refractivity contribution in [3.8, 4) is 5.75 Å². The van der Waals surface area contributed by atoms with Crippen LogP contribution in [0.3, 0.4) is 0 Å². The van der Waals surface area contributed by atoms with Crippen LogP contribution in [-0.2, 0) is 0 Å². The summed E-state index contributed by atoms with van der Waals surface area (Å²) >= 11 is 11.8. The van der Waals surface area contributed by atoms with Gasteiger partial charge in [0.2, 0.25) is 0 Å². The summed E-state index contributed by atoms with van der Waals surface area (Å²) in [5.74, 6) is 0.633. The van der Waals surface area contributed by atoms with E-state index in [1.807, 2.05) is 14.1 Å². The van der Waals surface area contributed by atoms with E-state index >= 15 is 0 Å². The van der Waals surface area contributed by atoms with Gasteiger partial charge in [-0.1, -0.05) is 23.2 Å². The molecule has 3 nitrogen and oxygen atoms in total. The predicted molar refractivity (Wildman–Crippen MR) is 73.4 cm³/mol. The SMILES string of the molecule is CN(C)CCNCCOc1cc(Cl)ccc1Cl. The molecule has 0 unspecified atom stereocenters. The highest BCUT2D eigenvalue weighted by Crippen LogP contribution is 2.27. The van der Waals surface area contributed by atoms with E-state index in [9.17, 15) is 0 Å². The molecule has 0 atom stereocenters. The molecule has 0 spiro atoms. The highest BCUT2D eigenvalue weighted by molar-refractivity contribution is 6.34. The number of rotatable bonds is 7. The van der Waals surface area contributed by atoms with Crippen molar-refractivity contribution < 1.29 is 4.74 Å². The van der Waals surface area contributed by atoms with Gasteiger partial charge in [-0.2, -0.15) is 0 Å². The molecule has 17 heavy (non-hydrogen) atoms. The highest BCUT2D eigenvalue weighted by atomic mass is 35.5. The van der Waals surface area contributed by atoms with Gasteiger partial charge in [0.05, 0.1) is 5.02 Å². The second-order valence-corrected chi connectivity index (χ2v) is 4.82. The molecule has 1 aromatic carbocycles. The Morgan fingerprint density at radius 3 is 2.71 bits per heavy atom. The zero-order valence-electron chi connectivity index (χ0n) is 10.2. The average molecular weight is 277 g/mol. The Hall–Kier alpha value is -0.480. The van der Waals surface area contributed by atoms with Crippen LogP contribution < -0.4 is 10.1 Å². The molecule has 0 saturated carbocycles. The normalized spacial score (nSPS) is 10.9. The Morgan fingerprint density at radius 2 is 2.00 bits per heavy atom. The molecular weight excluding hydrogens is 259 g/mol. The van der Waals surface area contributed by atoms with Crippen molar-refractivity contribution in [2.75, 3.05) is 40.3 Å². The van der Waals surface area contributed by atoms with Crippen molar-refractivity contribution in [1.29, 1.82) is 0 Å². The van der Waals surface area contributed by atoms with Crippen LogP contribution in [0.25, 0.3) is 0 Å². The second-order valence-electron chi connectivity index (χ2n) is 3.98. The Bertz CT molecular complexity index is 345. The number of nitrogens with zero attached hydrogens (tertiary/aromatic N) is 1. The van der Waals surface area contributed by atoms with E-state index in [1.54, 1.807) is 18.2 Å². The van der Waals surface area contributed by atoms with E-state index in [2.05, 4.69) is 10.2 Å². The summed E-state index contributed by atoms with van der Waals surface area (Å²) in [6.07, 6.45) is 0. The van der Waals surface area contributed by atoms with Gasteiger partial charge in [-0.3, -0.25) is 0 Å². The van der Waals surface area contributed by atoms with E-state index in [-0.39, 0.29) is 0 Å². The first-order valence-corrected chi connectivity index (χ1v) is 6.28. The Morgan fingerprint density at radius 1 is 1.24 bits per heavy atom. The van der Waals surface area contributed by atoms with Crippen molar-refractivity contribution in [1.82, 2.24) is 10.2 Å². The molecular formula is C12H18Cl2N2O. The second kappa shape index (κ2) is 7.77. The van der Waals surface area contributed by atoms with Crippen molar-refractivity contribution in [3.63, 3.8) is 0 Å². The van der Waals surface area contributed by atoms with E-state index in [1.165, 1.54) is 0 Å². The third-order valence-electron chi connectivity index (χ3n) is 2.17. The van der Waals surface area contributed by atoms with Crippen LogP contribution in [0.2, 0.25) is 10.0 Å². The number of likely N-dealkylation sites (N-methyl/N-ethyl adjacent to an activating group) is 1. The first kappa shape index (κ1) is 14.6. The maximum atomic E-state index is 5.97. The molecule has 0 saturated heterocycles. The minimum Gasteiger partial charge on any atom is -0.491 e. The zero-order chi connectivity index (χ0) is 12.7. The summed E-state index contributed by atoms with van der Waals surface area (Å²) in [5.41, 5.74) is 0. The summed E-state index contributed by atoms with van der Waals surface area (Å²) in [6.45, 7) is 3.32. The Kier molecular flexibility index (Phi) is 6.66. The lowest BCUT2D eigenvalue weighted by Crippen LogP contribution is -2.29. The Balaban J connectivity index is 2.20. The van der Waals surface area contributed by atoms with Gasteiger partial charge in [-0.25, -0.2) is 0 Å². The van der Waals surface area contributed by atoms with Crippen molar-refractivity contribution in [2.24, 2.45) is 0 Å². The molecule has 1 rings (SSSR count). The van der Waals surface area contributed by atoms with Gasteiger partial charge in [0, 0.05) is 30.7 Å². The van der Waals surface area contributed by atoms with Crippen LogP contribution in [0.1, 0.15) is 0 Å². The molecule has 0 aromatic heterocycles. The molecule has 0 amide bonds. The quantitative estimate of drug-likeness (QED) is 0.775. The molecule has 0 aliphatic rings. The number of ether oxygens (including phenoxy) is 1. The number of benzene rings is 1. The number of hydrogen-bond donors (Lipinski definition) is 1. The van der Waals surface area contributed by atoms with Gasteiger partial charge in [-0.15, -0.1) is 0 Å². The zero-order valence-corrected chi connectivity index (χ0v) is 11.7. The monoisotopic (exact) mass is 276 g/mol. The minimum atomic E-state index is 0.577. The van der Waals surface area contributed by atoms with Gasteiger partial charge in [0.1, 0.15) is 12.4 Å². The molecule has 0 fully saturated rings. The molecule has 0 aliphatic carbocycles. The number of nitrogens with one attached hydrogen (secondary N) is 1. The molecule has 1 N–H and O–H groups in total. The summed E-state index contributed by atoms with van der Waals surface area (Å²) in [6, 6.07) is 5.20. The molecule has 0 aliphatic heterocycles. The molecule has 0 radical (unpaired) electrons. The number of hydrogen-bond acceptors (Lipinski definition) is 3. The Labute approximate surface area is 113 Å². The molecule has 0 bridgehead atoms. The lowest BCUT2D eigenvalue weighted by Gasteiger charge is -2.11. The van der Waals surface area contributed by atoms with Gasteiger partial charge in [0.25, 0.3) is 0 Å². The van der Waals surface area contributed by atoms with Gasteiger partial charge < -0.3 is 15.0 Å². The van der Waals surface area contributed by atoms with Crippen LogP contribution in [0.4, 0.5) is 0 Å². The predicted octanol–water partition coefficient (Wildman–Crippen LogP) is 2.52. The highest BCUT2D eigenvalue weighted by Gasteiger charge is 2.01. The van der Waals surface area contributed by atoms with Gasteiger partial charge >= 0.3 is 0 Å². The molecule has 1 aromatic rings. The average Bonchev–Trinajstić information content (AvgIpc) is 2.27. The van der Waals surface area contributed by atoms with Crippen LogP contribution in [0.5, 0.6) is 5.75 Å². The summed E-state index contributed by atoms with van der Waals surface area (Å²) in [7, 11) is 4.09. The fourth-order valence-corrected chi connectivity index (χ4v) is 1.58. The molecule has 0 heterocycles. The topological polar surface area (TPSA) is 24.5 Å². The number of halogens is 2. The van der Waals surface area contributed by atoms with Crippen LogP contribution in [0, 0.1) is 0 Å². The first-order valence-electron chi connectivity index (χ1n) is 5.53. The fourth-order valence-electron chi connectivity index (χ4n) is 1.25. The third-order valence-corrected chi connectivity index (χ3v) is 2.71. The summed E-state index contributed by atoms with van der Waals surface area (Å²) in [5, 5.41) is 4.49. The smallest absolute Gasteiger partial charge is 0.139 e. The lowest BCUT2D eigenvalue weighted by atomic mass is 10.3. The fraction of sp³-hybridized carbons (Fsp3) is 0.500. The van der Waals surface area contributed by atoms with Gasteiger partial charge in [-0.05, 0) is 26.2 Å². The van der Waals surface area contributed by atoms with Gasteiger partial charge in [0.15, 0.2) is 0 Å². The third kappa shape index (κ3) is 6.13. The van der Waals surface area contributed by atoms with Crippen LogP contribution in [0.15, 0.2) is 18.2 Å². The van der Waals surface area contributed by atoms with Crippen molar-refractivity contribution in [2.45, 2.75) is 0 Å². The minimum absolute atomic E-state index is 0.577. The lowest BCUT2D eigenvalue weighted by molar-refractivity contribution is 0.308. The van der Waals surface area contributed by atoms with Crippen molar-refractivity contribution in [3.05, 3.63) is 28.2 Å². The van der Waals surface area contributed by atoms with E-state index in [4.69, 9.17) is 27.9 Å². The van der Waals surface area contributed by atoms with E-state index in [0.29, 0.717) is 22.4 Å². The maximum Gasteiger partial charge on any atom is 0.139 e. The summed E-state index contributed by atoms with van der Waals surface area (Å²) < 4.78 is 5.53. The van der Waals surface area contributed by atoms with E-state index < -0.39 is 0 Å². The van der Waals surface area contributed by atoms with Crippen molar-refractivity contribution >= 4 is 23.2 Å².